The van der Waals surface area contributed by atoms with E-state index in [0.717, 1.165) is 10.2 Å². The van der Waals surface area contributed by atoms with Gasteiger partial charge in [-0.3, -0.25) is 14.4 Å². The van der Waals surface area contributed by atoms with Crippen LogP contribution in [0.15, 0.2) is 91.1 Å². The molecule has 0 N–H and O–H groups in total. The highest BCUT2D eigenvalue weighted by molar-refractivity contribution is 7.89. The second-order valence-electron chi connectivity index (χ2n) is 7.98. The molecule has 4 aromatic rings. The molecule has 1 amide bonds. The van der Waals surface area contributed by atoms with Crippen LogP contribution in [0.1, 0.15) is 10.4 Å². The first-order chi connectivity index (χ1) is 17.9. The van der Waals surface area contributed by atoms with E-state index in [0.29, 0.717) is 29.5 Å². The molecule has 0 aliphatic heterocycles. The van der Waals surface area contributed by atoms with Crippen molar-refractivity contribution < 1.29 is 17.9 Å². The average Bonchev–Trinajstić information content (AvgIpc) is 3.58. The number of nitrogens with zero attached hydrogens (tertiary/aromatic N) is 5. The van der Waals surface area contributed by atoms with E-state index in [-0.39, 0.29) is 23.9 Å². The maximum absolute atomic E-state index is 13.7. The molecule has 0 bridgehead atoms. The van der Waals surface area contributed by atoms with Crippen LogP contribution in [0.3, 0.4) is 0 Å². The smallest absolute Gasteiger partial charge is 0.260 e. The lowest BCUT2D eigenvalue weighted by atomic mass is 10.2. The third-order valence-corrected chi connectivity index (χ3v) is 8.46. The van der Waals surface area contributed by atoms with Crippen LogP contribution in [-0.4, -0.2) is 60.1 Å². The zero-order chi connectivity index (χ0) is 26.4. The Morgan fingerprint density at radius 3 is 2.49 bits per heavy atom. The lowest BCUT2D eigenvalue weighted by Gasteiger charge is -2.21. The molecule has 2 aromatic heterocycles. The summed E-state index contributed by atoms with van der Waals surface area (Å²) in [4.78, 5) is 20.0. The summed E-state index contributed by atoms with van der Waals surface area (Å²) in [5, 5.41) is 4.75. The summed E-state index contributed by atoms with van der Waals surface area (Å²) in [5.41, 5.74) is 1.10. The molecule has 0 saturated heterocycles. The van der Waals surface area contributed by atoms with Gasteiger partial charge in [-0.2, -0.15) is 9.40 Å². The molecule has 4 rings (SSSR count). The quantitative estimate of drug-likeness (QED) is 0.251. The lowest BCUT2D eigenvalue weighted by Crippen LogP contribution is -2.34. The van der Waals surface area contributed by atoms with Gasteiger partial charge >= 0.3 is 0 Å². The zero-order valence-electron chi connectivity index (χ0n) is 20.4. The Balaban J connectivity index is 1.65. The first kappa shape index (κ1) is 26.3. The van der Waals surface area contributed by atoms with Crippen molar-refractivity contribution in [3.8, 4) is 5.75 Å². The van der Waals surface area contributed by atoms with Crippen molar-refractivity contribution in [3.05, 3.63) is 91.8 Å². The van der Waals surface area contributed by atoms with Gasteiger partial charge in [-0.25, -0.2) is 13.4 Å². The normalized spacial score (nSPS) is 11.5. The zero-order valence-corrected chi connectivity index (χ0v) is 22.0. The van der Waals surface area contributed by atoms with Gasteiger partial charge in [0.15, 0.2) is 5.13 Å². The van der Waals surface area contributed by atoms with Crippen LogP contribution >= 0.6 is 11.3 Å². The number of aromatic nitrogens is 3. The summed E-state index contributed by atoms with van der Waals surface area (Å²) in [6.07, 6.45) is 6.54. The van der Waals surface area contributed by atoms with Crippen molar-refractivity contribution in [2.75, 3.05) is 31.6 Å². The summed E-state index contributed by atoms with van der Waals surface area (Å²) in [6.45, 7) is 8.34. The lowest BCUT2D eigenvalue weighted by molar-refractivity contribution is 0.0985. The number of hydrogen-bond acceptors (Lipinski definition) is 7. The fraction of sp³-hybridized carbons (Fsp3) is 0.192. The second kappa shape index (κ2) is 11.5. The first-order valence-corrected chi connectivity index (χ1v) is 13.7. The fourth-order valence-electron chi connectivity index (χ4n) is 3.69. The number of rotatable bonds is 12. The van der Waals surface area contributed by atoms with Crippen LogP contribution in [0.25, 0.3) is 10.2 Å². The summed E-state index contributed by atoms with van der Waals surface area (Å²) < 4.78 is 35.3. The van der Waals surface area contributed by atoms with E-state index in [2.05, 4.69) is 23.2 Å². The Hall–Kier alpha value is -3.80. The van der Waals surface area contributed by atoms with E-state index in [1.807, 2.05) is 30.5 Å². The van der Waals surface area contributed by atoms with E-state index in [9.17, 15) is 13.2 Å². The van der Waals surface area contributed by atoms with E-state index in [4.69, 9.17) is 4.74 Å². The van der Waals surface area contributed by atoms with Crippen LogP contribution in [0.4, 0.5) is 5.13 Å². The van der Waals surface area contributed by atoms with Crippen molar-refractivity contribution >= 4 is 42.6 Å². The SMILES string of the molecule is C=CCN(CC=C)S(=O)(=O)c1ccc(C(=O)N(CCn2cccn2)c2nc3ccc(OC)cc3s2)cc1. The molecule has 37 heavy (non-hydrogen) atoms. The maximum Gasteiger partial charge on any atom is 0.260 e. The average molecular weight is 538 g/mol. The van der Waals surface area contributed by atoms with Crippen LogP contribution in [0.2, 0.25) is 0 Å². The highest BCUT2D eigenvalue weighted by Gasteiger charge is 2.25. The molecule has 0 atom stereocenters. The molecule has 11 heteroatoms. The molecule has 0 spiro atoms. The third kappa shape index (κ3) is 5.79. The monoisotopic (exact) mass is 537 g/mol. The minimum absolute atomic E-state index is 0.0860. The van der Waals surface area contributed by atoms with E-state index in [1.54, 1.807) is 22.9 Å². The number of fused-ring (bicyclic) bond motifs is 1. The molecule has 192 valence electrons. The number of anilines is 1. The van der Waals surface area contributed by atoms with Gasteiger partial charge in [0.05, 0.1) is 28.8 Å². The molecule has 0 fully saturated rings. The number of amides is 1. The third-order valence-electron chi connectivity index (χ3n) is 5.58. The summed E-state index contributed by atoms with van der Waals surface area (Å²) in [7, 11) is -2.17. The number of carbonyl (C=O) groups excluding carboxylic acids is 1. The molecule has 0 unspecified atom stereocenters. The van der Waals surface area contributed by atoms with E-state index >= 15 is 0 Å². The van der Waals surface area contributed by atoms with Gasteiger partial charge in [0, 0.05) is 37.6 Å². The maximum atomic E-state index is 13.7. The predicted octanol–water partition coefficient (Wildman–Crippen LogP) is 4.21. The number of benzene rings is 2. The Morgan fingerprint density at radius 2 is 1.86 bits per heavy atom. The Morgan fingerprint density at radius 1 is 1.14 bits per heavy atom. The standard InChI is InChI=1S/C26H27N5O4S2/c1-4-14-30(15-5-2)37(33,34)22-10-7-20(8-11-22)25(32)31(18-17-29-16-6-13-27-29)26-28-23-12-9-21(35-3)19-24(23)36-26/h4-13,16,19H,1-2,14-15,17-18H2,3H3. The van der Waals surface area contributed by atoms with Crippen molar-refractivity contribution in [2.24, 2.45) is 0 Å². The molecular formula is C26H27N5O4S2. The Labute approximate surface area is 220 Å². The minimum atomic E-state index is -3.77. The van der Waals surface area contributed by atoms with Gasteiger partial charge in [0.1, 0.15) is 5.75 Å². The van der Waals surface area contributed by atoms with Crippen LogP contribution in [0, 0.1) is 0 Å². The molecule has 0 aliphatic carbocycles. The number of hydrogen-bond donors (Lipinski definition) is 0. The summed E-state index contributed by atoms with van der Waals surface area (Å²) >= 11 is 1.38. The first-order valence-electron chi connectivity index (χ1n) is 11.4. The molecular weight excluding hydrogens is 510 g/mol. The highest BCUT2D eigenvalue weighted by atomic mass is 32.2. The van der Waals surface area contributed by atoms with Gasteiger partial charge < -0.3 is 4.74 Å². The number of thiazole rings is 1. The van der Waals surface area contributed by atoms with Gasteiger partial charge in [-0.05, 0) is 48.5 Å². The predicted molar refractivity (Wildman–Crippen MR) is 146 cm³/mol. The van der Waals surface area contributed by atoms with Crippen LogP contribution < -0.4 is 9.64 Å². The molecule has 0 saturated carbocycles. The number of sulfonamides is 1. The van der Waals surface area contributed by atoms with Crippen LogP contribution in [-0.2, 0) is 16.6 Å². The van der Waals surface area contributed by atoms with Crippen molar-refractivity contribution in [1.82, 2.24) is 19.1 Å². The van der Waals surface area contributed by atoms with Crippen LogP contribution in [0.5, 0.6) is 5.75 Å². The van der Waals surface area contributed by atoms with E-state index in [1.165, 1.54) is 52.1 Å². The van der Waals surface area contributed by atoms with Gasteiger partial charge in [-0.1, -0.05) is 23.5 Å². The molecule has 9 nitrogen and oxygen atoms in total. The van der Waals surface area contributed by atoms with Gasteiger partial charge in [-0.15, -0.1) is 13.2 Å². The number of methoxy groups -OCH3 is 1. The molecule has 2 heterocycles. The molecule has 0 radical (unpaired) electrons. The fourth-order valence-corrected chi connectivity index (χ4v) is 6.09. The van der Waals surface area contributed by atoms with Crippen molar-refractivity contribution in [3.63, 3.8) is 0 Å². The summed E-state index contributed by atoms with van der Waals surface area (Å²) in [6, 6.07) is 13.3. The van der Waals surface area contributed by atoms with Crippen molar-refractivity contribution in [1.29, 1.82) is 0 Å². The number of ether oxygens (including phenoxy) is 1. The van der Waals surface area contributed by atoms with Crippen molar-refractivity contribution in [2.45, 2.75) is 11.4 Å². The number of carbonyl (C=O) groups is 1. The highest BCUT2D eigenvalue weighted by Crippen LogP contribution is 2.32. The topological polar surface area (TPSA) is 97.6 Å². The summed E-state index contributed by atoms with van der Waals surface area (Å²) in [5.74, 6) is 0.409. The molecule has 2 aromatic carbocycles. The van der Waals surface area contributed by atoms with Gasteiger partial charge in [0.25, 0.3) is 5.91 Å². The Kier molecular flexibility index (Phi) is 8.17. The van der Waals surface area contributed by atoms with E-state index < -0.39 is 10.0 Å². The Bertz CT molecular complexity index is 1490. The molecule has 0 aliphatic rings. The second-order valence-corrected chi connectivity index (χ2v) is 10.9. The minimum Gasteiger partial charge on any atom is -0.497 e. The van der Waals surface area contributed by atoms with Gasteiger partial charge in [0.2, 0.25) is 10.0 Å². The largest absolute Gasteiger partial charge is 0.497 e.